The number of cyclic esters (lactones) is 1. The van der Waals surface area contributed by atoms with Crippen molar-refractivity contribution >= 4 is 46.8 Å². The van der Waals surface area contributed by atoms with Gasteiger partial charge in [0.15, 0.2) is 5.70 Å². The number of nitro benzene ring substituents is 1. The molecular formula is C16H8Cl2N2O4. The number of hydrogen-bond donors (Lipinski definition) is 0. The van der Waals surface area contributed by atoms with Crippen LogP contribution >= 0.6 is 23.2 Å². The van der Waals surface area contributed by atoms with Crippen LogP contribution in [-0.4, -0.2) is 16.8 Å². The van der Waals surface area contributed by atoms with E-state index in [0.29, 0.717) is 16.1 Å². The lowest BCUT2D eigenvalue weighted by Crippen LogP contribution is -2.05. The average molecular weight is 363 g/mol. The van der Waals surface area contributed by atoms with Crippen molar-refractivity contribution in [2.45, 2.75) is 0 Å². The molecule has 1 aliphatic heterocycles. The van der Waals surface area contributed by atoms with Gasteiger partial charge in [-0.25, -0.2) is 9.79 Å². The summed E-state index contributed by atoms with van der Waals surface area (Å²) in [7, 11) is 0. The highest BCUT2D eigenvalue weighted by Crippen LogP contribution is 2.27. The minimum atomic E-state index is -0.688. The number of hydrogen-bond acceptors (Lipinski definition) is 5. The van der Waals surface area contributed by atoms with Crippen LogP contribution in [0.15, 0.2) is 53.2 Å². The van der Waals surface area contributed by atoms with Gasteiger partial charge in [0.2, 0.25) is 5.90 Å². The van der Waals surface area contributed by atoms with Gasteiger partial charge in [-0.15, -0.1) is 0 Å². The predicted octanol–water partition coefficient (Wildman–Crippen LogP) is 4.25. The summed E-state index contributed by atoms with van der Waals surface area (Å²) in [6.45, 7) is 0. The van der Waals surface area contributed by atoms with Gasteiger partial charge in [-0.2, -0.15) is 0 Å². The maximum atomic E-state index is 12.0. The molecule has 2 aromatic rings. The molecule has 0 fully saturated rings. The molecule has 24 heavy (non-hydrogen) atoms. The number of non-ortho nitro benzene ring substituents is 1. The SMILES string of the molecule is O=C1OC(c2ccccc2Cl)=N/C1=C\c1cc([N+](=O)[O-])ccc1Cl. The van der Waals surface area contributed by atoms with Crippen LogP contribution in [0.25, 0.3) is 6.08 Å². The van der Waals surface area contributed by atoms with E-state index in [4.69, 9.17) is 27.9 Å². The summed E-state index contributed by atoms with van der Waals surface area (Å²) in [5.74, 6) is -0.620. The van der Waals surface area contributed by atoms with Gasteiger partial charge in [0.1, 0.15) is 0 Å². The topological polar surface area (TPSA) is 81.8 Å². The van der Waals surface area contributed by atoms with Crippen molar-refractivity contribution in [3.8, 4) is 0 Å². The monoisotopic (exact) mass is 362 g/mol. The lowest BCUT2D eigenvalue weighted by molar-refractivity contribution is -0.384. The number of rotatable bonds is 3. The van der Waals surface area contributed by atoms with Crippen molar-refractivity contribution in [2.75, 3.05) is 0 Å². The van der Waals surface area contributed by atoms with Crippen molar-refractivity contribution in [3.63, 3.8) is 0 Å². The van der Waals surface area contributed by atoms with E-state index in [1.807, 2.05) is 0 Å². The molecule has 2 aromatic carbocycles. The number of ether oxygens (including phenoxy) is 1. The third-order valence-electron chi connectivity index (χ3n) is 3.21. The first-order valence-corrected chi connectivity index (χ1v) is 7.42. The van der Waals surface area contributed by atoms with Crippen LogP contribution in [0.1, 0.15) is 11.1 Å². The molecule has 6 nitrogen and oxygen atoms in total. The summed E-state index contributed by atoms with van der Waals surface area (Å²) in [5, 5.41) is 11.5. The van der Waals surface area contributed by atoms with Gasteiger partial charge in [0.25, 0.3) is 5.69 Å². The minimum absolute atomic E-state index is 0.0210. The Balaban J connectivity index is 2.02. The van der Waals surface area contributed by atoms with E-state index in [-0.39, 0.29) is 22.3 Å². The summed E-state index contributed by atoms with van der Waals surface area (Å²) in [4.78, 5) is 26.4. The van der Waals surface area contributed by atoms with E-state index in [1.165, 1.54) is 24.3 Å². The van der Waals surface area contributed by atoms with Crippen molar-refractivity contribution in [1.82, 2.24) is 0 Å². The predicted molar refractivity (Wildman–Crippen MR) is 90.2 cm³/mol. The van der Waals surface area contributed by atoms with Gasteiger partial charge in [0.05, 0.1) is 15.5 Å². The molecule has 0 saturated heterocycles. The first-order chi connectivity index (χ1) is 11.5. The number of aliphatic imine (C=N–C) groups is 1. The maximum Gasteiger partial charge on any atom is 0.363 e. The van der Waals surface area contributed by atoms with Crippen LogP contribution < -0.4 is 0 Å². The lowest BCUT2D eigenvalue weighted by Gasteiger charge is -2.00. The molecule has 0 saturated carbocycles. The molecule has 0 amide bonds. The summed E-state index contributed by atoms with van der Waals surface area (Å²) in [5.41, 5.74) is 0.600. The van der Waals surface area contributed by atoms with E-state index >= 15 is 0 Å². The largest absolute Gasteiger partial charge is 0.402 e. The van der Waals surface area contributed by atoms with Crippen LogP contribution in [0, 0.1) is 10.1 Å². The fourth-order valence-electron chi connectivity index (χ4n) is 2.06. The van der Waals surface area contributed by atoms with Gasteiger partial charge >= 0.3 is 5.97 Å². The Kier molecular flexibility index (Phi) is 4.33. The smallest absolute Gasteiger partial charge is 0.363 e. The van der Waals surface area contributed by atoms with Crippen LogP contribution in [0.5, 0.6) is 0 Å². The van der Waals surface area contributed by atoms with Gasteiger partial charge in [-0.05, 0) is 24.3 Å². The molecule has 8 heteroatoms. The number of carbonyl (C=O) groups excluding carboxylic acids is 1. The fourth-order valence-corrected chi connectivity index (χ4v) is 2.45. The van der Waals surface area contributed by atoms with E-state index in [9.17, 15) is 14.9 Å². The molecule has 0 N–H and O–H groups in total. The Morgan fingerprint density at radius 3 is 2.58 bits per heavy atom. The van der Waals surface area contributed by atoms with E-state index in [1.54, 1.807) is 24.3 Å². The van der Waals surface area contributed by atoms with Crippen LogP contribution in [0.4, 0.5) is 5.69 Å². The summed E-state index contributed by atoms with van der Waals surface area (Å²) >= 11 is 12.1. The number of benzene rings is 2. The molecular weight excluding hydrogens is 355 g/mol. The number of esters is 1. The Morgan fingerprint density at radius 1 is 1.12 bits per heavy atom. The first kappa shape index (κ1) is 16.2. The number of nitrogens with zero attached hydrogens (tertiary/aromatic N) is 2. The van der Waals surface area contributed by atoms with Gasteiger partial charge in [-0.3, -0.25) is 10.1 Å². The minimum Gasteiger partial charge on any atom is -0.402 e. The van der Waals surface area contributed by atoms with Crippen molar-refractivity contribution in [3.05, 3.63) is 79.4 Å². The van der Waals surface area contributed by atoms with Crippen LogP contribution in [0.3, 0.4) is 0 Å². The standard InChI is InChI=1S/C16H8Cl2N2O4/c17-12-6-5-10(20(22)23)7-9(12)8-14-16(21)24-15(19-14)11-3-1-2-4-13(11)18/h1-8H/b14-8-. The van der Waals surface area contributed by atoms with E-state index in [0.717, 1.165) is 0 Å². The number of carbonyl (C=O) groups is 1. The number of halogens is 2. The molecule has 0 unspecified atom stereocenters. The highest BCUT2D eigenvalue weighted by molar-refractivity contribution is 6.34. The zero-order chi connectivity index (χ0) is 17.3. The Labute approximate surface area is 146 Å². The molecule has 0 bridgehead atoms. The number of nitro groups is 1. The third kappa shape index (κ3) is 3.15. The zero-order valence-corrected chi connectivity index (χ0v) is 13.4. The van der Waals surface area contributed by atoms with Gasteiger partial charge < -0.3 is 4.74 Å². The second-order valence-corrected chi connectivity index (χ2v) is 5.59. The van der Waals surface area contributed by atoms with Gasteiger partial charge in [0, 0.05) is 22.7 Å². The van der Waals surface area contributed by atoms with Crippen LogP contribution in [-0.2, 0) is 9.53 Å². The van der Waals surface area contributed by atoms with E-state index < -0.39 is 10.9 Å². The second-order valence-electron chi connectivity index (χ2n) is 4.78. The molecule has 0 aliphatic carbocycles. The normalized spacial score (nSPS) is 15.3. The lowest BCUT2D eigenvalue weighted by atomic mass is 10.1. The Morgan fingerprint density at radius 2 is 1.88 bits per heavy atom. The fraction of sp³-hybridized carbons (Fsp3) is 0. The second kappa shape index (κ2) is 6.43. The first-order valence-electron chi connectivity index (χ1n) is 6.67. The van der Waals surface area contributed by atoms with Crippen molar-refractivity contribution in [1.29, 1.82) is 0 Å². The van der Waals surface area contributed by atoms with Crippen LogP contribution in [0.2, 0.25) is 10.0 Å². The molecule has 1 heterocycles. The molecule has 3 rings (SSSR count). The summed E-state index contributed by atoms with van der Waals surface area (Å²) in [6.07, 6.45) is 1.33. The molecule has 0 spiro atoms. The molecule has 0 aromatic heterocycles. The summed E-state index contributed by atoms with van der Waals surface area (Å²) < 4.78 is 5.11. The third-order valence-corrected chi connectivity index (χ3v) is 3.88. The zero-order valence-electron chi connectivity index (χ0n) is 11.9. The molecule has 1 aliphatic rings. The quantitative estimate of drug-likeness (QED) is 0.353. The molecule has 0 atom stereocenters. The van der Waals surface area contributed by atoms with Crippen molar-refractivity contribution < 1.29 is 14.5 Å². The average Bonchev–Trinajstić information content (AvgIpc) is 2.90. The summed E-state index contributed by atoms with van der Waals surface area (Å²) in [6, 6.07) is 10.7. The Hall–Kier alpha value is -2.70. The molecule has 120 valence electrons. The van der Waals surface area contributed by atoms with Crippen molar-refractivity contribution in [2.24, 2.45) is 4.99 Å². The highest BCUT2D eigenvalue weighted by atomic mass is 35.5. The Bertz CT molecular complexity index is 922. The maximum absolute atomic E-state index is 12.0. The highest BCUT2D eigenvalue weighted by Gasteiger charge is 2.26. The van der Waals surface area contributed by atoms with Gasteiger partial charge in [-0.1, -0.05) is 35.3 Å². The molecule has 0 radical (unpaired) electrons. The van der Waals surface area contributed by atoms with E-state index in [2.05, 4.69) is 4.99 Å².